The van der Waals surface area contributed by atoms with E-state index >= 15 is 0 Å². The first-order chi connectivity index (χ1) is 19.2. The maximum Gasteiger partial charge on any atom is 0.408 e. The fourth-order valence-electron chi connectivity index (χ4n) is 4.38. The van der Waals surface area contributed by atoms with Crippen LogP contribution in [0.3, 0.4) is 0 Å². The minimum Gasteiger partial charge on any atom is -0.445 e. The summed E-state index contributed by atoms with van der Waals surface area (Å²) in [5, 5.41) is 5.79. The van der Waals surface area contributed by atoms with Crippen molar-refractivity contribution in [3.8, 4) is 5.75 Å². The molecule has 11 heteroatoms. The summed E-state index contributed by atoms with van der Waals surface area (Å²) in [4.78, 5) is 40.0. The molecule has 10 nitrogen and oxygen atoms in total. The second-order valence-electron chi connectivity index (χ2n) is 9.29. The van der Waals surface area contributed by atoms with Crippen LogP contribution in [0.15, 0.2) is 89.8 Å². The van der Waals surface area contributed by atoms with E-state index in [0.717, 1.165) is 5.56 Å². The zero-order valence-corrected chi connectivity index (χ0v) is 22.8. The SMILES string of the molecule is CC(=O)N1CCNCC1C(=O)[C@H](Cc1ccc(OS(=O)(=O)c2ccccc2)cc1)NC(=O)OCc1ccccc1. The second-order valence-corrected chi connectivity index (χ2v) is 10.8. The molecule has 2 N–H and O–H groups in total. The molecule has 0 aliphatic carbocycles. The highest BCUT2D eigenvalue weighted by atomic mass is 32.2. The highest BCUT2D eigenvalue weighted by Gasteiger charge is 2.35. The van der Waals surface area contributed by atoms with Gasteiger partial charge in [0.15, 0.2) is 5.78 Å². The minimum atomic E-state index is -4.01. The molecule has 2 atom stereocenters. The highest BCUT2D eigenvalue weighted by molar-refractivity contribution is 7.87. The number of hydrogen-bond donors (Lipinski definition) is 2. The van der Waals surface area contributed by atoms with Gasteiger partial charge in [-0.05, 0) is 41.8 Å². The van der Waals surface area contributed by atoms with Gasteiger partial charge in [0, 0.05) is 26.6 Å². The Hall–Kier alpha value is -4.22. The number of carbonyl (C=O) groups is 3. The van der Waals surface area contributed by atoms with Crippen LogP contribution in [0.5, 0.6) is 5.75 Å². The molecular formula is C29H31N3O7S. The van der Waals surface area contributed by atoms with E-state index in [1.54, 1.807) is 30.3 Å². The van der Waals surface area contributed by atoms with Crippen molar-refractivity contribution < 1.29 is 31.7 Å². The Morgan fingerprint density at radius 3 is 2.25 bits per heavy atom. The van der Waals surface area contributed by atoms with E-state index < -0.39 is 28.3 Å². The molecule has 3 aromatic rings. The molecule has 0 spiro atoms. The maximum atomic E-state index is 13.6. The summed E-state index contributed by atoms with van der Waals surface area (Å²) in [5.41, 5.74) is 1.44. The molecule has 1 fully saturated rings. The molecule has 1 heterocycles. The van der Waals surface area contributed by atoms with Crippen molar-refractivity contribution in [2.45, 2.75) is 36.9 Å². The predicted octanol–water partition coefficient (Wildman–Crippen LogP) is 2.68. The van der Waals surface area contributed by atoms with Crippen LogP contribution in [-0.2, 0) is 37.5 Å². The lowest BCUT2D eigenvalue weighted by Crippen LogP contribution is -2.60. The molecule has 1 aliphatic rings. The molecule has 4 rings (SSSR count). The highest BCUT2D eigenvalue weighted by Crippen LogP contribution is 2.20. The Morgan fingerprint density at radius 2 is 1.60 bits per heavy atom. The van der Waals surface area contributed by atoms with Gasteiger partial charge in [0.25, 0.3) is 0 Å². The van der Waals surface area contributed by atoms with Gasteiger partial charge in [-0.2, -0.15) is 8.42 Å². The summed E-state index contributed by atoms with van der Waals surface area (Å²) >= 11 is 0. The number of alkyl carbamates (subject to hydrolysis) is 1. The summed E-state index contributed by atoms with van der Waals surface area (Å²) in [6.45, 7) is 2.64. The first-order valence-corrected chi connectivity index (χ1v) is 14.2. The maximum absolute atomic E-state index is 13.6. The van der Waals surface area contributed by atoms with Crippen LogP contribution in [0.4, 0.5) is 4.79 Å². The van der Waals surface area contributed by atoms with Gasteiger partial charge in [-0.15, -0.1) is 0 Å². The van der Waals surface area contributed by atoms with Crippen molar-refractivity contribution in [3.05, 3.63) is 96.1 Å². The topological polar surface area (TPSA) is 131 Å². The van der Waals surface area contributed by atoms with E-state index in [1.807, 2.05) is 30.3 Å². The number of ether oxygens (including phenoxy) is 1. The molecule has 0 radical (unpaired) electrons. The third-order valence-corrected chi connectivity index (χ3v) is 7.69. The standard InChI is InChI=1S/C29H31N3O7S/c1-21(33)32-17-16-30-19-27(32)28(34)26(31-29(35)38-20-23-8-4-2-5-9-23)18-22-12-14-24(15-13-22)39-40(36,37)25-10-6-3-7-11-25/h2-15,26-27,30H,16-20H2,1H3,(H,31,35)/t26-,27?/m0/s1. The number of nitrogens with one attached hydrogen (secondary N) is 2. The number of carbonyl (C=O) groups excluding carboxylic acids is 3. The summed E-state index contributed by atoms with van der Waals surface area (Å²) in [6.07, 6.45) is -0.679. The fourth-order valence-corrected chi connectivity index (χ4v) is 5.33. The Morgan fingerprint density at radius 1 is 0.950 bits per heavy atom. The summed E-state index contributed by atoms with van der Waals surface area (Å²) in [6, 6.07) is 21.4. The number of Topliss-reactive ketones (excluding diaryl/α,β-unsaturated/α-hetero) is 1. The normalized spacial score (nSPS) is 16.0. The van der Waals surface area contributed by atoms with E-state index in [2.05, 4.69) is 10.6 Å². The van der Waals surface area contributed by atoms with Crippen molar-refractivity contribution in [1.29, 1.82) is 0 Å². The zero-order valence-electron chi connectivity index (χ0n) is 22.0. The Balaban J connectivity index is 1.48. The van der Waals surface area contributed by atoms with Crippen LogP contribution in [0.1, 0.15) is 18.1 Å². The molecule has 1 unspecified atom stereocenters. The van der Waals surface area contributed by atoms with Crippen LogP contribution in [0.25, 0.3) is 0 Å². The molecule has 0 saturated carbocycles. The Bertz CT molecular complexity index is 1420. The lowest BCUT2D eigenvalue weighted by atomic mass is 9.96. The van der Waals surface area contributed by atoms with Crippen molar-refractivity contribution >= 4 is 27.9 Å². The number of amides is 2. The lowest BCUT2D eigenvalue weighted by Gasteiger charge is -2.36. The van der Waals surface area contributed by atoms with Gasteiger partial charge >= 0.3 is 16.2 Å². The molecule has 1 aliphatic heterocycles. The van der Waals surface area contributed by atoms with Gasteiger partial charge < -0.3 is 24.5 Å². The third-order valence-electron chi connectivity index (χ3n) is 6.43. The summed E-state index contributed by atoms with van der Waals surface area (Å²) < 4.78 is 35.6. The molecule has 2 amide bonds. The Labute approximate surface area is 233 Å². The van der Waals surface area contributed by atoms with E-state index in [1.165, 1.54) is 36.1 Å². The van der Waals surface area contributed by atoms with Gasteiger partial charge in [-0.3, -0.25) is 9.59 Å². The predicted molar refractivity (Wildman–Crippen MR) is 147 cm³/mol. The number of nitrogens with zero attached hydrogens (tertiary/aromatic N) is 1. The first-order valence-electron chi connectivity index (χ1n) is 12.8. The van der Waals surface area contributed by atoms with Crippen molar-refractivity contribution in [1.82, 2.24) is 15.5 Å². The monoisotopic (exact) mass is 565 g/mol. The molecule has 1 saturated heterocycles. The van der Waals surface area contributed by atoms with E-state index in [0.29, 0.717) is 18.7 Å². The van der Waals surface area contributed by atoms with Crippen molar-refractivity contribution in [2.24, 2.45) is 0 Å². The molecule has 0 aromatic heterocycles. The van der Waals surface area contributed by atoms with Gasteiger partial charge in [0.05, 0.1) is 6.04 Å². The van der Waals surface area contributed by atoms with Crippen molar-refractivity contribution in [2.75, 3.05) is 19.6 Å². The van der Waals surface area contributed by atoms with Crippen LogP contribution in [-0.4, -0.2) is 62.8 Å². The lowest BCUT2D eigenvalue weighted by molar-refractivity contribution is -0.139. The smallest absolute Gasteiger partial charge is 0.408 e. The van der Waals surface area contributed by atoms with Gasteiger partial charge in [-0.1, -0.05) is 60.7 Å². The number of rotatable bonds is 10. The van der Waals surface area contributed by atoms with E-state index in [4.69, 9.17) is 8.92 Å². The third kappa shape index (κ3) is 7.67. The van der Waals surface area contributed by atoms with Crippen LogP contribution < -0.4 is 14.8 Å². The average Bonchev–Trinajstić information content (AvgIpc) is 2.97. The average molecular weight is 566 g/mol. The van der Waals surface area contributed by atoms with Gasteiger partial charge in [0.2, 0.25) is 5.91 Å². The zero-order chi connectivity index (χ0) is 28.5. The molecule has 0 bridgehead atoms. The van der Waals surface area contributed by atoms with Crippen LogP contribution in [0.2, 0.25) is 0 Å². The van der Waals surface area contributed by atoms with E-state index in [-0.39, 0.29) is 41.9 Å². The second kappa shape index (κ2) is 13.2. The number of ketones is 1. The molecule has 210 valence electrons. The van der Waals surface area contributed by atoms with Crippen LogP contribution >= 0.6 is 0 Å². The fraction of sp³-hybridized carbons (Fsp3) is 0.276. The van der Waals surface area contributed by atoms with Crippen molar-refractivity contribution in [3.63, 3.8) is 0 Å². The molecular weight excluding hydrogens is 534 g/mol. The minimum absolute atomic E-state index is 0.0269. The number of piperazine rings is 1. The molecule has 3 aromatic carbocycles. The summed E-state index contributed by atoms with van der Waals surface area (Å²) in [7, 11) is -4.01. The number of hydrogen-bond acceptors (Lipinski definition) is 8. The largest absolute Gasteiger partial charge is 0.445 e. The Kier molecular flexibility index (Phi) is 9.52. The van der Waals surface area contributed by atoms with Gasteiger partial charge in [0.1, 0.15) is 23.3 Å². The quantitative estimate of drug-likeness (QED) is 0.359. The van der Waals surface area contributed by atoms with Crippen LogP contribution in [0, 0.1) is 0 Å². The first kappa shape index (κ1) is 28.8. The van der Waals surface area contributed by atoms with Gasteiger partial charge in [-0.25, -0.2) is 4.79 Å². The number of benzene rings is 3. The van der Waals surface area contributed by atoms with E-state index in [9.17, 15) is 22.8 Å². The summed E-state index contributed by atoms with van der Waals surface area (Å²) in [5.74, 6) is -0.470. The molecule has 40 heavy (non-hydrogen) atoms.